The van der Waals surface area contributed by atoms with E-state index in [4.69, 9.17) is 9.47 Å². The van der Waals surface area contributed by atoms with Gasteiger partial charge in [-0.2, -0.15) is 0 Å². The van der Waals surface area contributed by atoms with Gasteiger partial charge in [0.1, 0.15) is 12.4 Å². The summed E-state index contributed by atoms with van der Waals surface area (Å²) in [4.78, 5) is 17.2. The molecule has 3 heterocycles. The van der Waals surface area contributed by atoms with E-state index in [1.165, 1.54) is 0 Å². The molecular weight excluding hydrogens is 430 g/mol. The third-order valence-electron chi connectivity index (χ3n) is 6.06. The number of ether oxygens (including phenoxy) is 2. The Bertz CT molecular complexity index is 1050. The van der Waals surface area contributed by atoms with Gasteiger partial charge in [-0.15, -0.1) is 0 Å². The molecule has 3 N–H and O–H groups in total. The fourth-order valence-electron chi connectivity index (χ4n) is 4.58. The van der Waals surface area contributed by atoms with Crippen LogP contribution in [0.1, 0.15) is 30.5 Å². The molecule has 2 aromatic rings. The van der Waals surface area contributed by atoms with Gasteiger partial charge >= 0.3 is 0 Å². The molecule has 0 fully saturated rings. The monoisotopic (exact) mass is 458 g/mol. The van der Waals surface area contributed by atoms with Gasteiger partial charge in [0.15, 0.2) is 0 Å². The molecule has 0 bridgehead atoms. The smallest absolute Gasteiger partial charge is 0.251 e. The van der Waals surface area contributed by atoms with Crippen LogP contribution in [0.3, 0.4) is 0 Å². The number of para-hydroxylation sites is 1. The molecule has 7 nitrogen and oxygen atoms in total. The molecular formula is C24H28F2N4O3. The zero-order chi connectivity index (χ0) is 23.4. The van der Waals surface area contributed by atoms with Gasteiger partial charge < -0.3 is 25.4 Å². The van der Waals surface area contributed by atoms with E-state index < -0.39 is 18.0 Å². The first-order valence-corrected chi connectivity index (χ1v) is 10.9. The van der Waals surface area contributed by atoms with Crippen molar-refractivity contribution in [3.8, 4) is 5.75 Å². The highest BCUT2D eigenvalue weighted by Crippen LogP contribution is 2.46. The zero-order valence-corrected chi connectivity index (χ0v) is 18.7. The summed E-state index contributed by atoms with van der Waals surface area (Å²) in [6.45, 7) is 3.20. The number of nitrogens with zero attached hydrogens (tertiary/aromatic N) is 1. The van der Waals surface area contributed by atoms with Gasteiger partial charge in [0.25, 0.3) is 5.91 Å². The van der Waals surface area contributed by atoms with Crippen molar-refractivity contribution in [3.63, 3.8) is 0 Å². The number of methoxy groups -OCH3 is 1. The zero-order valence-electron chi connectivity index (χ0n) is 18.7. The number of anilines is 1. The van der Waals surface area contributed by atoms with Crippen LogP contribution in [0, 0.1) is 0 Å². The number of carbonyl (C=O) groups is 1. The first kappa shape index (κ1) is 23.0. The number of halogens is 2. The minimum Gasteiger partial charge on any atom is -0.489 e. The van der Waals surface area contributed by atoms with Gasteiger partial charge in [0.05, 0.1) is 30.0 Å². The molecule has 1 aromatic heterocycles. The van der Waals surface area contributed by atoms with Crippen molar-refractivity contribution in [2.24, 2.45) is 0 Å². The van der Waals surface area contributed by atoms with E-state index in [0.29, 0.717) is 48.8 Å². The number of nitrogens with one attached hydrogen (secondary N) is 3. The largest absolute Gasteiger partial charge is 0.489 e. The lowest BCUT2D eigenvalue weighted by atomic mass is 9.81. The van der Waals surface area contributed by atoms with Crippen LogP contribution in [0.2, 0.25) is 0 Å². The molecule has 33 heavy (non-hydrogen) atoms. The number of benzene rings is 1. The number of amides is 1. The second-order valence-electron chi connectivity index (χ2n) is 8.27. The number of pyridine rings is 1. The van der Waals surface area contributed by atoms with Crippen LogP contribution in [0.25, 0.3) is 0 Å². The Balaban J connectivity index is 1.76. The molecule has 2 unspecified atom stereocenters. The highest BCUT2D eigenvalue weighted by atomic mass is 19.3. The summed E-state index contributed by atoms with van der Waals surface area (Å²) in [6, 6.07) is 8.42. The van der Waals surface area contributed by atoms with Crippen LogP contribution in [0.4, 0.5) is 14.5 Å². The summed E-state index contributed by atoms with van der Waals surface area (Å²) in [7, 11) is 1.60. The number of carbonyl (C=O) groups excluding carboxylic acids is 1. The van der Waals surface area contributed by atoms with E-state index in [2.05, 4.69) is 20.9 Å². The average molecular weight is 459 g/mol. The maximum absolute atomic E-state index is 13.2. The Labute approximate surface area is 191 Å². The molecule has 2 aliphatic heterocycles. The quantitative estimate of drug-likeness (QED) is 0.501. The third-order valence-corrected chi connectivity index (χ3v) is 6.06. The number of alkyl halides is 2. The lowest BCUT2D eigenvalue weighted by molar-refractivity contribution is -0.118. The Morgan fingerprint density at radius 3 is 2.88 bits per heavy atom. The Kier molecular flexibility index (Phi) is 6.78. The van der Waals surface area contributed by atoms with Gasteiger partial charge in [0.2, 0.25) is 6.43 Å². The summed E-state index contributed by atoms with van der Waals surface area (Å²) < 4.78 is 37.5. The second-order valence-corrected chi connectivity index (χ2v) is 8.27. The van der Waals surface area contributed by atoms with Crippen LogP contribution in [-0.2, 0) is 16.0 Å². The van der Waals surface area contributed by atoms with Gasteiger partial charge in [-0.25, -0.2) is 8.78 Å². The Hall–Kier alpha value is -3.20. The number of hydrogen-bond donors (Lipinski definition) is 3. The Morgan fingerprint density at radius 1 is 1.27 bits per heavy atom. The standard InChI is InChI=1S/C24H28F2N4O3/c1-24(30-17-6-4-3-5-15(17)13-20(25)26)21-18(8-10-28-23(21)31)29-22(24)16-7-9-27-14-19(16)33-12-11-32-2/h3-7,9,14,20,22,29-30H,8,10-13H2,1-2H3,(H,28,31). The first-order chi connectivity index (χ1) is 15.9. The van der Waals surface area contributed by atoms with Crippen molar-refractivity contribution >= 4 is 11.6 Å². The van der Waals surface area contributed by atoms with Crippen molar-refractivity contribution in [1.29, 1.82) is 0 Å². The maximum atomic E-state index is 13.2. The predicted molar refractivity (Wildman–Crippen MR) is 120 cm³/mol. The molecule has 0 radical (unpaired) electrons. The highest BCUT2D eigenvalue weighted by molar-refractivity contribution is 5.99. The molecule has 176 valence electrons. The Morgan fingerprint density at radius 2 is 2.09 bits per heavy atom. The van der Waals surface area contributed by atoms with Crippen LogP contribution >= 0.6 is 0 Å². The lowest BCUT2D eigenvalue weighted by Gasteiger charge is -2.37. The van der Waals surface area contributed by atoms with Gasteiger partial charge in [-0.05, 0) is 24.6 Å². The van der Waals surface area contributed by atoms with Crippen molar-refractivity contribution in [2.75, 3.05) is 32.2 Å². The minimum atomic E-state index is -2.48. The molecule has 2 aliphatic rings. The van der Waals surface area contributed by atoms with Gasteiger partial charge in [-0.1, -0.05) is 18.2 Å². The molecule has 2 atom stereocenters. The van der Waals surface area contributed by atoms with E-state index >= 15 is 0 Å². The van der Waals surface area contributed by atoms with Crippen molar-refractivity contribution in [2.45, 2.75) is 37.8 Å². The predicted octanol–water partition coefficient (Wildman–Crippen LogP) is 3.20. The van der Waals surface area contributed by atoms with Crippen LogP contribution in [0.5, 0.6) is 5.75 Å². The maximum Gasteiger partial charge on any atom is 0.251 e. The summed E-state index contributed by atoms with van der Waals surface area (Å²) >= 11 is 0. The number of aromatic nitrogens is 1. The SMILES string of the molecule is COCCOc1cnccc1C1NC2=C(C(=O)NCC2)C1(C)Nc1ccccc1CC(F)F. The van der Waals surface area contributed by atoms with E-state index in [1.54, 1.807) is 43.8 Å². The second kappa shape index (κ2) is 9.74. The van der Waals surface area contributed by atoms with Crippen LogP contribution in [0.15, 0.2) is 54.0 Å². The van der Waals surface area contributed by atoms with E-state index in [-0.39, 0.29) is 12.3 Å². The molecule has 1 aromatic carbocycles. The molecule has 0 aliphatic carbocycles. The summed E-state index contributed by atoms with van der Waals surface area (Å²) in [5, 5.41) is 9.87. The van der Waals surface area contributed by atoms with Crippen LogP contribution < -0.4 is 20.7 Å². The van der Waals surface area contributed by atoms with Crippen molar-refractivity contribution in [3.05, 3.63) is 65.1 Å². The van der Waals surface area contributed by atoms with Crippen molar-refractivity contribution in [1.82, 2.24) is 15.6 Å². The summed E-state index contributed by atoms with van der Waals surface area (Å²) in [5.41, 5.74) is 2.34. The van der Waals surface area contributed by atoms with Crippen molar-refractivity contribution < 1.29 is 23.0 Å². The van der Waals surface area contributed by atoms with E-state index in [1.807, 2.05) is 13.0 Å². The average Bonchev–Trinajstić information content (AvgIpc) is 3.08. The summed E-state index contributed by atoms with van der Waals surface area (Å²) in [5.74, 6) is 0.393. The molecule has 0 saturated heterocycles. The lowest BCUT2D eigenvalue weighted by Crippen LogP contribution is -2.47. The van der Waals surface area contributed by atoms with E-state index in [9.17, 15) is 13.6 Å². The number of hydrogen-bond acceptors (Lipinski definition) is 6. The normalized spacial score (nSPS) is 22.1. The fraction of sp³-hybridized carbons (Fsp3) is 0.417. The number of rotatable bonds is 9. The van der Waals surface area contributed by atoms with E-state index in [0.717, 1.165) is 11.3 Å². The fourth-order valence-corrected chi connectivity index (χ4v) is 4.58. The third kappa shape index (κ3) is 4.64. The van der Waals surface area contributed by atoms with Gasteiger partial charge in [-0.3, -0.25) is 9.78 Å². The molecule has 0 spiro atoms. The minimum absolute atomic E-state index is 0.177. The first-order valence-electron chi connectivity index (χ1n) is 10.9. The summed E-state index contributed by atoms with van der Waals surface area (Å²) in [6.07, 6.45) is 1.10. The topological polar surface area (TPSA) is 84.5 Å². The molecule has 4 rings (SSSR count). The van der Waals surface area contributed by atoms with Gasteiger partial charge in [0, 0.05) is 49.6 Å². The molecule has 0 saturated carbocycles. The molecule has 1 amide bonds. The van der Waals surface area contributed by atoms with Crippen LogP contribution in [-0.4, -0.2) is 49.7 Å². The molecule has 9 heteroatoms. The highest BCUT2D eigenvalue weighted by Gasteiger charge is 2.50.